The number of fused-ring (bicyclic) bond motifs is 2. The van der Waals surface area contributed by atoms with Crippen molar-refractivity contribution in [2.75, 3.05) is 12.0 Å². The number of urea groups is 1. The summed E-state index contributed by atoms with van der Waals surface area (Å²) in [6.45, 7) is 0. The lowest BCUT2D eigenvalue weighted by molar-refractivity contribution is 0.0937. The second-order valence-corrected chi connectivity index (χ2v) is 8.35. The van der Waals surface area contributed by atoms with Gasteiger partial charge in [-0.2, -0.15) is 0 Å². The van der Waals surface area contributed by atoms with Crippen LogP contribution in [0.2, 0.25) is 0 Å². The Balaban J connectivity index is 1.55. The largest absolute Gasteiger partial charge is 0.496 e. The molecule has 0 saturated heterocycles. The summed E-state index contributed by atoms with van der Waals surface area (Å²) >= 11 is 3.70. The van der Waals surface area contributed by atoms with E-state index in [0.29, 0.717) is 11.3 Å². The molecule has 0 fully saturated rings. The van der Waals surface area contributed by atoms with E-state index >= 15 is 0 Å². The number of methoxy groups -OCH3 is 1. The molecule has 146 valence electrons. The van der Waals surface area contributed by atoms with Gasteiger partial charge in [-0.05, 0) is 65.1 Å². The van der Waals surface area contributed by atoms with Crippen molar-refractivity contribution in [3.8, 4) is 5.75 Å². The number of hydrazine groups is 1. The highest BCUT2D eigenvalue weighted by Crippen LogP contribution is 2.47. The molecule has 0 aliphatic carbocycles. The molecule has 0 saturated carbocycles. The topological polar surface area (TPSA) is 70.7 Å². The quantitative estimate of drug-likeness (QED) is 0.373. The van der Waals surface area contributed by atoms with E-state index in [1.807, 2.05) is 48.5 Å². The van der Waals surface area contributed by atoms with Gasteiger partial charge >= 0.3 is 6.03 Å². The number of ether oxygens (including phenoxy) is 1. The van der Waals surface area contributed by atoms with Crippen LogP contribution in [-0.2, 0) is 0 Å². The standard InChI is InChI=1S/C21H16IN3O3S/c1-28-17-11-10-13(12-14(17)22)20(26)23-24-21(27)25-15-6-2-4-8-18(15)29-19-9-5-3-7-16(19)25/h2-12H,1H3,(H,23,26)(H,24,27). The molecule has 29 heavy (non-hydrogen) atoms. The van der Waals surface area contributed by atoms with Crippen molar-refractivity contribution >= 4 is 57.7 Å². The fourth-order valence-corrected chi connectivity index (χ4v) is 4.76. The van der Waals surface area contributed by atoms with E-state index in [-0.39, 0.29) is 0 Å². The van der Waals surface area contributed by atoms with Crippen molar-refractivity contribution in [2.45, 2.75) is 9.79 Å². The number of para-hydroxylation sites is 2. The third-order valence-corrected chi connectivity index (χ3v) is 6.31. The van der Waals surface area contributed by atoms with Crippen LogP contribution >= 0.6 is 34.4 Å². The summed E-state index contributed by atoms with van der Waals surface area (Å²) in [6.07, 6.45) is 0. The molecule has 8 heteroatoms. The van der Waals surface area contributed by atoms with Crippen LogP contribution in [0.3, 0.4) is 0 Å². The van der Waals surface area contributed by atoms with Gasteiger partial charge in [0, 0.05) is 15.4 Å². The first-order valence-electron chi connectivity index (χ1n) is 8.68. The summed E-state index contributed by atoms with van der Waals surface area (Å²) in [6, 6.07) is 19.9. The Morgan fingerprint density at radius 1 is 0.931 bits per heavy atom. The molecule has 1 aliphatic rings. The summed E-state index contributed by atoms with van der Waals surface area (Å²) in [5.41, 5.74) is 6.97. The van der Waals surface area contributed by atoms with E-state index in [2.05, 4.69) is 33.4 Å². The lowest BCUT2D eigenvalue weighted by atomic mass is 10.2. The molecular formula is C21H16IN3O3S. The molecule has 0 aromatic heterocycles. The summed E-state index contributed by atoms with van der Waals surface area (Å²) in [7, 11) is 1.57. The van der Waals surface area contributed by atoms with Crippen LogP contribution in [0, 0.1) is 3.57 Å². The van der Waals surface area contributed by atoms with Gasteiger partial charge in [-0.3, -0.25) is 15.1 Å². The number of carbonyl (C=O) groups excluding carboxylic acids is 2. The number of carbonyl (C=O) groups is 2. The van der Waals surface area contributed by atoms with Gasteiger partial charge in [-0.15, -0.1) is 0 Å². The molecule has 1 aliphatic heterocycles. The lowest BCUT2D eigenvalue weighted by Crippen LogP contribution is -2.48. The first-order chi connectivity index (χ1) is 14.1. The Labute approximate surface area is 185 Å². The summed E-state index contributed by atoms with van der Waals surface area (Å²) in [4.78, 5) is 29.0. The number of hydrogen-bond donors (Lipinski definition) is 2. The van der Waals surface area contributed by atoms with Gasteiger partial charge in [-0.1, -0.05) is 36.0 Å². The van der Waals surface area contributed by atoms with Crippen molar-refractivity contribution in [3.05, 3.63) is 75.9 Å². The molecule has 3 aromatic carbocycles. The third-order valence-electron chi connectivity index (χ3n) is 4.33. The molecular weight excluding hydrogens is 501 g/mol. The number of anilines is 2. The zero-order chi connectivity index (χ0) is 20.4. The Morgan fingerprint density at radius 2 is 1.55 bits per heavy atom. The normalized spacial score (nSPS) is 11.9. The fraction of sp³-hybridized carbons (Fsp3) is 0.0476. The molecule has 0 unspecified atom stereocenters. The minimum absolute atomic E-state index is 0.410. The zero-order valence-electron chi connectivity index (χ0n) is 15.3. The first kappa shape index (κ1) is 19.6. The smallest absolute Gasteiger partial charge is 0.345 e. The number of hydrogen-bond acceptors (Lipinski definition) is 4. The molecule has 2 N–H and O–H groups in total. The van der Waals surface area contributed by atoms with Crippen molar-refractivity contribution in [1.29, 1.82) is 0 Å². The Hall–Kier alpha value is -2.72. The monoisotopic (exact) mass is 517 g/mol. The van der Waals surface area contributed by atoms with Crippen molar-refractivity contribution < 1.29 is 14.3 Å². The van der Waals surface area contributed by atoms with Gasteiger partial charge in [0.1, 0.15) is 5.75 Å². The average molecular weight is 517 g/mol. The summed E-state index contributed by atoms with van der Waals surface area (Å²) in [5.74, 6) is 0.275. The molecule has 0 bridgehead atoms. The molecule has 0 radical (unpaired) electrons. The molecule has 3 aromatic rings. The van der Waals surface area contributed by atoms with Crippen LogP contribution in [0.1, 0.15) is 10.4 Å². The van der Waals surface area contributed by atoms with E-state index in [9.17, 15) is 9.59 Å². The number of halogens is 1. The van der Waals surface area contributed by atoms with Gasteiger partial charge in [0.05, 0.1) is 22.1 Å². The van der Waals surface area contributed by atoms with Crippen LogP contribution in [-0.4, -0.2) is 19.0 Å². The van der Waals surface area contributed by atoms with Gasteiger partial charge in [0.15, 0.2) is 0 Å². The maximum Gasteiger partial charge on any atom is 0.345 e. The van der Waals surface area contributed by atoms with Crippen LogP contribution < -0.4 is 20.5 Å². The van der Waals surface area contributed by atoms with E-state index in [1.54, 1.807) is 42.0 Å². The fourth-order valence-electron chi connectivity index (χ4n) is 2.97. The highest BCUT2D eigenvalue weighted by Gasteiger charge is 2.28. The molecule has 0 atom stereocenters. The van der Waals surface area contributed by atoms with Crippen molar-refractivity contribution in [2.24, 2.45) is 0 Å². The van der Waals surface area contributed by atoms with Crippen LogP contribution in [0.4, 0.5) is 16.2 Å². The van der Waals surface area contributed by atoms with E-state index < -0.39 is 11.9 Å². The second kappa shape index (κ2) is 8.34. The number of rotatable bonds is 2. The SMILES string of the molecule is COc1ccc(C(=O)NNC(=O)N2c3ccccc3Sc3ccccc32)cc1I. The summed E-state index contributed by atoms with van der Waals surface area (Å²) < 4.78 is 6.01. The predicted molar refractivity (Wildman–Crippen MR) is 121 cm³/mol. The number of amides is 3. The molecule has 0 spiro atoms. The number of nitrogens with one attached hydrogen (secondary N) is 2. The second-order valence-electron chi connectivity index (χ2n) is 6.11. The van der Waals surface area contributed by atoms with E-state index in [0.717, 1.165) is 24.7 Å². The minimum Gasteiger partial charge on any atom is -0.496 e. The highest BCUT2D eigenvalue weighted by atomic mass is 127. The molecule has 3 amide bonds. The van der Waals surface area contributed by atoms with Crippen LogP contribution in [0.5, 0.6) is 5.75 Å². The van der Waals surface area contributed by atoms with Crippen LogP contribution in [0.25, 0.3) is 0 Å². The Morgan fingerprint density at radius 3 is 2.14 bits per heavy atom. The maximum atomic E-state index is 13.0. The lowest BCUT2D eigenvalue weighted by Gasteiger charge is -2.30. The summed E-state index contributed by atoms with van der Waals surface area (Å²) in [5, 5.41) is 0. The van der Waals surface area contributed by atoms with Gasteiger partial charge in [0.2, 0.25) is 0 Å². The maximum absolute atomic E-state index is 13.0. The Bertz CT molecular complexity index is 1060. The minimum atomic E-state index is -0.443. The zero-order valence-corrected chi connectivity index (χ0v) is 18.3. The number of nitrogens with zero attached hydrogens (tertiary/aromatic N) is 1. The third kappa shape index (κ3) is 3.90. The molecule has 6 nitrogen and oxygen atoms in total. The van der Waals surface area contributed by atoms with Gasteiger partial charge < -0.3 is 4.74 Å². The molecule has 4 rings (SSSR count). The number of benzene rings is 3. The highest BCUT2D eigenvalue weighted by molar-refractivity contribution is 14.1. The van der Waals surface area contributed by atoms with E-state index in [4.69, 9.17) is 4.74 Å². The van der Waals surface area contributed by atoms with Crippen molar-refractivity contribution in [3.63, 3.8) is 0 Å². The van der Waals surface area contributed by atoms with Gasteiger partial charge in [0.25, 0.3) is 5.91 Å². The average Bonchev–Trinajstić information content (AvgIpc) is 2.75. The first-order valence-corrected chi connectivity index (χ1v) is 10.6. The Kier molecular flexibility index (Phi) is 5.63. The molecule has 1 heterocycles. The van der Waals surface area contributed by atoms with Crippen molar-refractivity contribution in [1.82, 2.24) is 10.9 Å². The van der Waals surface area contributed by atoms with Crippen LogP contribution in [0.15, 0.2) is 76.5 Å². The van der Waals surface area contributed by atoms with E-state index in [1.165, 1.54) is 0 Å². The predicted octanol–water partition coefficient (Wildman–Crippen LogP) is 4.96. The van der Waals surface area contributed by atoms with Gasteiger partial charge in [-0.25, -0.2) is 10.2 Å².